The number of nitrogens with one attached hydrogen (secondary N) is 4. The van der Waals surface area contributed by atoms with E-state index in [-0.39, 0.29) is 22.8 Å². The van der Waals surface area contributed by atoms with Crippen molar-refractivity contribution in [3.63, 3.8) is 0 Å². The summed E-state index contributed by atoms with van der Waals surface area (Å²) in [7, 11) is 0. The molecule has 0 saturated carbocycles. The van der Waals surface area contributed by atoms with E-state index in [2.05, 4.69) is 9.97 Å². The summed E-state index contributed by atoms with van der Waals surface area (Å²) in [4.78, 5) is 56.0. The van der Waals surface area contributed by atoms with Crippen LogP contribution < -0.4 is 34.0 Å². The van der Waals surface area contributed by atoms with Crippen molar-refractivity contribution in [3.05, 3.63) is 88.4 Å². The van der Waals surface area contributed by atoms with Crippen LogP contribution in [-0.4, -0.2) is 19.9 Å². The van der Waals surface area contributed by atoms with Crippen LogP contribution in [0.4, 0.5) is 16.0 Å². The van der Waals surface area contributed by atoms with E-state index in [0.29, 0.717) is 5.56 Å². The van der Waals surface area contributed by atoms with E-state index in [4.69, 9.17) is 11.5 Å². The van der Waals surface area contributed by atoms with Gasteiger partial charge in [0.15, 0.2) is 0 Å². The quantitative estimate of drug-likeness (QED) is 0.345. The van der Waals surface area contributed by atoms with Crippen LogP contribution in [0.25, 0.3) is 0 Å². The van der Waals surface area contributed by atoms with Gasteiger partial charge < -0.3 is 11.5 Å². The van der Waals surface area contributed by atoms with Crippen molar-refractivity contribution in [3.8, 4) is 0 Å². The zero-order valence-electron chi connectivity index (χ0n) is 13.1. The Morgan fingerprint density at radius 1 is 0.731 bits per heavy atom. The summed E-state index contributed by atoms with van der Waals surface area (Å²) in [5.41, 5.74) is 8.11. The lowest BCUT2D eigenvalue weighted by Crippen LogP contribution is -2.34. The Morgan fingerprint density at radius 3 is 1.54 bits per heavy atom. The van der Waals surface area contributed by atoms with Crippen LogP contribution in [0.15, 0.2) is 43.4 Å². The molecule has 0 radical (unpaired) electrons. The van der Waals surface area contributed by atoms with E-state index in [1.165, 1.54) is 12.1 Å². The van der Waals surface area contributed by atoms with E-state index in [0.717, 1.165) is 12.1 Å². The third-order valence-electron chi connectivity index (χ3n) is 3.80. The fraction of sp³-hybridized carbons (Fsp3) is 0.0667. The van der Waals surface area contributed by atoms with Crippen molar-refractivity contribution in [2.75, 3.05) is 11.5 Å². The third-order valence-corrected chi connectivity index (χ3v) is 3.80. The van der Waals surface area contributed by atoms with Crippen molar-refractivity contribution >= 4 is 11.6 Å². The van der Waals surface area contributed by atoms with Gasteiger partial charge in [0, 0.05) is 0 Å². The molecular formula is C15H13FN6O4. The predicted octanol–water partition coefficient (Wildman–Crippen LogP) is -1.08. The van der Waals surface area contributed by atoms with Crippen molar-refractivity contribution in [2.45, 2.75) is 5.92 Å². The van der Waals surface area contributed by atoms with Gasteiger partial charge in [0.2, 0.25) is 0 Å². The Balaban J connectivity index is 2.41. The minimum absolute atomic E-state index is 0.180. The van der Waals surface area contributed by atoms with Crippen molar-refractivity contribution in [1.82, 2.24) is 19.9 Å². The molecule has 0 unspecified atom stereocenters. The minimum atomic E-state index is -1.17. The Labute approximate surface area is 142 Å². The molecule has 11 heteroatoms. The number of aromatic amines is 4. The van der Waals surface area contributed by atoms with Gasteiger partial charge in [-0.1, -0.05) is 12.1 Å². The Bertz CT molecular complexity index is 1130. The normalized spacial score (nSPS) is 11.0. The fourth-order valence-electron chi connectivity index (χ4n) is 2.73. The van der Waals surface area contributed by atoms with E-state index >= 15 is 0 Å². The molecule has 0 aliphatic rings. The second-order valence-electron chi connectivity index (χ2n) is 5.46. The number of rotatable bonds is 3. The fourth-order valence-corrected chi connectivity index (χ4v) is 2.73. The second-order valence-corrected chi connectivity index (χ2v) is 5.46. The molecule has 0 fully saturated rings. The highest BCUT2D eigenvalue weighted by molar-refractivity contribution is 5.55. The van der Waals surface area contributed by atoms with Gasteiger partial charge in [-0.05, 0) is 17.7 Å². The first-order chi connectivity index (χ1) is 12.3. The highest BCUT2D eigenvalue weighted by Gasteiger charge is 2.28. The van der Waals surface area contributed by atoms with Gasteiger partial charge >= 0.3 is 11.4 Å². The summed E-state index contributed by atoms with van der Waals surface area (Å²) < 4.78 is 13.3. The zero-order chi connectivity index (χ0) is 19.0. The van der Waals surface area contributed by atoms with E-state index in [9.17, 15) is 23.6 Å². The number of H-pyrrole nitrogens is 4. The lowest BCUT2D eigenvalue weighted by atomic mass is 9.86. The summed E-state index contributed by atoms with van der Waals surface area (Å²) in [6.45, 7) is 0. The molecule has 10 nitrogen and oxygen atoms in total. The molecule has 2 heterocycles. The molecule has 8 N–H and O–H groups in total. The largest absolute Gasteiger partial charge is 0.385 e. The monoisotopic (exact) mass is 360 g/mol. The van der Waals surface area contributed by atoms with Crippen LogP contribution in [-0.2, 0) is 0 Å². The first-order valence-electron chi connectivity index (χ1n) is 7.27. The molecule has 0 aliphatic heterocycles. The van der Waals surface area contributed by atoms with Crippen LogP contribution in [0.1, 0.15) is 22.6 Å². The molecule has 0 spiro atoms. The van der Waals surface area contributed by atoms with Crippen LogP contribution in [0.2, 0.25) is 0 Å². The third kappa shape index (κ3) is 2.92. The number of hydrogen-bond donors (Lipinski definition) is 6. The van der Waals surface area contributed by atoms with Crippen molar-refractivity contribution < 1.29 is 4.39 Å². The van der Waals surface area contributed by atoms with Gasteiger partial charge in [0.25, 0.3) is 11.1 Å². The molecule has 3 rings (SSSR count). The van der Waals surface area contributed by atoms with Gasteiger partial charge in [-0.2, -0.15) is 0 Å². The maximum absolute atomic E-state index is 13.3. The summed E-state index contributed by atoms with van der Waals surface area (Å²) in [6, 6.07) is 4.89. The summed E-state index contributed by atoms with van der Waals surface area (Å²) >= 11 is 0. The van der Waals surface area contributed by atoms with Crippen LogP contribution in [0, 0.1) is 5.82 Å². The standard InChI is InChI=1S/C15H13FN6O4/c16-6-3-1-5(2-4-6)7(8-10(17)19-14(25)21-12(8)23)9-11(18)20-15(26)22-13(9)24/h1-4,7H,(H4,17,19,21,23,25)(H4,18,20,22,24,26). The number of benzene rings is 1. The maximum atomic E-state index is 13.3. The number of aromatic nitrogens is 4. The summed E-state index contributed by atoms with van der Waals surface area (Å²) in [5.74, 6) is -2.30. The van der Waals surface area contributed by atoms with E-state index in [1.54, 1.807) is 0 Å². The maximum Gasteiger partial charge on any atom is 0.327 e. The highest BCUT2D eigenvalue weighted by atomic mass is 19.1. The molecule has 3 aromatic rings. The van der Waals surface area contributed by atoms with Gasteiger partial charge in [0.05, 0.1) is 17.0 Å². The number of hydrogen-bond acceptors (Lipinski definition) is 6. The smallest absolute Gasteiger partial charge is 0.327 e. The second kappa shape index (κ2) is 6.20. The highest BCUT2D eigenvalue weighted by Crippen LogP contribution is 2.32. The van der Waals surface area contributed by atoms with Gasteiger partial charge in [-0.25, -0.2) is 14.0 Å². The molecule has 0 bridgehead atoms. The molecule has 2 aromatic heterocycles. The van der Waals surface area contributed by atoms with E-state index in [1.807, 2.05) is 9.97 Å². The molecule has 26 heavy (non-hydrogen) atoms. The van der Waals surface area contributed by atoms with Crippen LogP contribution >= 0.6 is 0 Å². The Kier molecular flexibility index (Phi) is 4.04. The molecule has 0 amide bonds. The molecule has 134 valence electrons. The first-order valence-corrected chi connectivity index (χ1v) is 7.27. The molecule has 1 aromatic carbocycles. The predicted molar refractivity (Wildman–Crippen MR) is 91.5 cm³/mol. The average Bonchev–Trinajstić information content (AvgIpc) is 2.52. The Hall–Kier alpha value is -3.89. The molecule has 0 saturated heterocycles. The zero-order valence-corrected chi connectivity index (χ0v) is 13.1. The van der Waals surface area contributed by atoms with Crippen LogP contribution in [0.3, 0.4) is 0 Å². The topological polar surface area (TPSA) is 183 Å². The van der Waals surface area contributed by atoms with Crippen molar-refractivity contribution in [2.24, 2.45) is 0 Å². The Morgan fingerprint density at radius 2 is 1.15 bits per heavy atom. The molecular weight excluding hydrogens is 347 g/mol. The number of nitrogen functional groups attached to an aromatic ring is 2. The minimum Gasteiger partial charge on any atom is -0.385 e. The van der Waals surface area contributed by atoms with Crippen molar-refractivity contribution in [1.29, 1.82) is 0 Å². The SMILES string of the molecule is Nc1[nH]c(=O)[nH]c(=O)c1C(c1ccc(F)cc1)c1c(N)[nH]c(=O)[nH]c1=O. The van der Waals surface area contributed by atoms with Gasteiger partial charge in [-0.3, -0.25) is 29.5 Å². The van der Waals surface area contributed by atoms with E-state index < -0.39 is 34.2 Å². The summed E-state index contributed by atoms with van der Waals surface area (Å²) in [6.07, 6.45) is 0. The molecule has 0 aliphatic carbocycles. The van der Waals surface area contributed by atoms with Gasteiger partial charge in [0.1, 0.15) is 17.5 Å². The number of halogens is 1. The number of anilines is 2. The summed E-state index contributed by atoms with van der Waals surface area (Å²) in [5, 5.41) is 0. The lowest BCUT2D eigenvalue weighted by molar-refractivity contribution is 0.626. The lowest BCUT2D eigenvalue weighted by Gasteiger charge is -2.19. The van der Waals surface area contributed by atoms with Crippen LogP contribution in [0.5, 0.6) is 0 Å². The average molecular weight is 360 g/mol. The van der Waals surface area contributed by atoms with Gasteiger partial charge in [-0.15, -0.1) is 0 Å². The molecule has 0 atom stereocenters. The number of nitrogens with two attached hydrogens (primary N) is 2. The first kappa shape index (κ1) is 17.0.